The van der Waals surface area contributed by atoms with Crippen LogP contribution in [-0.4, -0.2) is 34.5 Å². The quantitative estimate of drug-likeness (QED) is 0.828. The number of amides is 1. The Morgan fingerprint density at radius 1 is 1.52 bits per heavy atom. The largest absolute Gasteiger partial charge is 0.347 e. The summed E-state index contributed by atoms with van der Waals surface area (Å²) in [5, 5.41) is 6.52. The second-order valence-electron chi connectivity index (χ2n) is 5.02. The fourth-order valence-electron chi connectivity index (χ4n) is 2.57. The molecule has 2 unspecified atom stereocenters. The number of hydrogen-bond acceptors (Lipinski definition) is 5. The van der Waals surface area contributed by atoms with Crippen molar-refractivity contribution in [3.63, 3.8) is 0 Å². The van der Waals surface area contributed by atoms with E-state index < -0.39 is 0 Å². The van der Waals surface area contributed by atoms with Crippen LogP contribution >= 0.6 is 35.5 Å². The van der Waals surface area contributed by atoms with Crippen molar-refractivity contribution in [2.45, 2.75) is 50.3 Å². The summed E-state index contributed by atoms with van der Waals surface area (Å²) in [6.45, 7) is 2.75. The Kier molecular flexibility index (Phi) is 8.63. The third-order valence-corrected chi connectivity index (χ3v) is 5.78. The van der Waals surface area contributed by atoms with Crippen LogP contribution in [0.1, 0.15) is 48.1 Å². The summed E-state index contributed by atoms with van der Waals surface area (Å²) in [5.41, 5.74) is 6.06. The summed E-state index contributed by atoms with van der Waals surface area (Å²) in [4.78, 5) is 16.6. The summed E-state index contributed by atoms with van der Waals surface area (Å²) >= 11 is 3.48. The highest BCUT2D eigenvalue weighted by Crippen LogP contribution is 2.28. The van der Waals surface area contributed by atoms with E-state index in [2.05, 4.69) is 17.2 Å². The molecule has 0 aliphatic heterocycles. The molecule has 0 saturated heterocycles. The van der Waals surface area contributed by atoms with Crippen molar-refractivity contribution in [1.29, 1.82) is 0 Å². The van der Waals surface area contributed by atoms with Gasteiger partial charge in [0, 0.05) is 23.1 Å². The summed E-state index contributed by atoms with van der Waals surface area (Å²) in [7, 11) is 0. The lowest BCUT2D eigenvalue weighted by atomic mass is 9.95. The first-order valence-electron chi connectivity index (χ1n) is 7.31. The molecule has 21 heavy (non-hydrogen) atoms. The molecular formula is C14H24ClN3OS2. The average molecular weight is 350 g/mol. The van der Waals surface area contributed by atoms with Crippen LogP contribution in [0.2, 0.25) is 0 Å². The van der Waals surface area contributed by atoms with Gasteiger partial charge in [0.15, 0.2) is 0 Å². The molecule has 4 nitrogen and oxygen atoms in total. The van der Waals surface area contributed by atoms with E-state index in [4.69, 9.17) is 5.73 Å². The lowest BCUT2D eigenvalue weighted by Gasteiger charge is -2.31. The molecule has 1 aromatic heterocycles. The minimum absolute atomic E-state index is 0. The van der Waals surface area contributed by atoms with Crippen LogP contribution in [0.3, 0.4) is 0 Å². The smallest absolute Gasteiger partial charge is 0.271 e. The third-order valence-electron chi connectivity index (χ3n) is 3.54. The van der Waals surface area contributed by atoms with Crippen LogP contribution in [0.4, 0.5) is 0 Å². The fraction of sp³-hybridized carbons (Fsp3) is 0.714. The van der Waals surface area contributed by atoms with Crippen molar-refractivity contribution < 1.29 is 4.79 Å². The maximum Gasteiger partial charge on any atom is 0.271 e. The highest BCUT2D eigenvalue weighted by molar-refractivity contribution is 7.99. The van der Waals surface area contributed by atoms with Gasteiger partial charge >= 0.3 is 0 Å². The van der Waals surface area contributed by atoms with Gasteiger partial charge in [-0.25, -0.2) is 4.98 Å². The van der Waals surface area contributed by atoms with Crippen LogP contribution in [-0.2, 0) is 6.42 Å². The molecule has 0 bridgehead atoms. The highest BCUT2D eigenvalue weighted by atomic mass is 35.5. The number of carbonyl (C=O) groups excluding carboxylic acids is 1. The minimum Gasteiger partial charge on any atom is -0.347 e. The number of thioether (sulfide) groups is 1. The van der Waals surface area contributed by atoms with E-state index >= 15 is 0 Å². The molecule has 1 fully saturated rings. The van der Waals surface area contributed by atoms with E-state index in [1.54, 1.807) is 0 Å². The first kappa shape index (κ1) is 18.7. The number of carbonyl (C=O) groups is 1. The van der Waals surface area contributed by atoms with Gasteiger partial charge < -0.3 is 11.1 Å². The molecule has 0 radical (unpaired) electrons. The summed E-state index contributed by atoms with van der Waals surface area (Å²) in [6, 6.07) is 0.292. The molecule has 2 atom stereocenters. The predicted molar refractivity (Wildman–Crippen MR) is 93.8 cm³/mol. The van der Waals surface area contributed by atoms with E-state index in [9.17, 15) is 4.79 Å². The Morgan fingerprint density at radius 2 is 2.29 bits per heavy atom. The maximum atomic E-state index is 12.3. The molecule has 1 aliphatic rings. The van der Waals surface area contributed by atoms with Gasteiger partial charge in [-0.1, -0.05) is 19.8 Å². The molecular weight excluding hydrogens is 326 g/mol. The van der Waals surface area contributed by atoms with Gasteiger partial charge in [-0.15, -0.1) is 23.7 Å². The molecule has 120 valence electrons. The first-order chi connectivity index (χ1) is 9.74. The van der Waals surface area contributed by atoms with Gasteiger partial charge in [0.05, 0.1) is 5.01 Å². The second-order valence-corrected chi connectivity index (χ2v) is 7.48. The molecule has 3 N–H and O–H groups in total. The summed E-state index contributed by atoms with van der Waals surface area (Å²) in [5.74, 6) is 1.08. The number of nitrogens with two attached hydrogens (primary N) is 1. The third kappa shape index (κ3) is 5.43. The Labute approximate surface area is 141 Å². The van der Waals surface area contributed by atoms with Crippen LogP contribution < -0.4 is 11.1 Å². The average Bonchev–Trinajstić information content (AvgIpc) is 2.90. The first-order valence-corrected chi connectivity index (χ1v) is 9.24. The van der Waals surface area contributed by atoms with Gasteiger partial charge in [0.25, 0.3) is 5.91 Å². The number of thiazole rings is 1. The van der Waals surface area contributed by atoms with E-state index in [1.807, 2.05) is 17.1 Å². The zero-order valence-corrected chi connectivity index (χ0v) is 14.8. The van der Waals surface area contributed by atoms with Crippen LogP contribution in [0.5, 0.6) is 0 Å². The van der Waals surface area contributed by atoms with Crippen molar-refractivity contribution in [2.75, 3.05) is 12.3 Å². The minimum atomic E-state index is -0.0295. The van der Waals surface area contributed by atoms with Crippen molar-refractivity contribution in [2.24, 2.45) is 5.73 Å². The zero-order chi connectivity index (χ0) is 14.4. The number of rotatable bonds is 6. The lowest BCUT2D eigenvalue weighted by molar-refractivity contribution is 0.0925. The zero-order valence-electron chi connectivity index (χ0n) is 12.3. The van der Waals surface area contributed by atoms with Gasteiger partial charge in [-0.2, -0.15) is 11.8 Å². The number of halogens is 1. The Balaban J connectivity index is 0.00000220. The highest BCUT2D eigenvalue weighted by Gasteiger charge is 2.27. The van der Waals surface area contributed by atoms with Crippen LogP contribution in [0.25, 0.3) is 0 Å². The topological polar surface area (TPSA) is 68.0 Å². The van der Waals surface area contributed by atoms with E-state index in [0.29, 0.717) is 23.5 Å². The van der Waals surface area contributed by atoms with E-state index in [1.165, 1.54) is 30.6 Å². The van der Waals surface area contributed by atoms with Gasteiger partial charge in [0.1, 0.15) is 5.69 Å². The SMILES string of the molecule is CCSC1CCCCC1NC(=O)c1csc(CCN)n1.Cl. The molecule has 1 aromatic rings. The monoisotopic (exact) mass is 349 g/mol. The molecule has 1 aliphatic carbocycles. The number of nitrogens with zero attached hydrogens (tertiary/aromatic N) is 1. The second kappa shape index (κ2) is 9.66. The number of nitrogens with one attached hydrogen (secondary N) is 1. The molecule has 7 heteroatoms. The van der Waals surface area contributed by atoms with E-state index in [-0.39, 0.29) is 18.3 Å². The fourth-order valence-corrected chi connectivity index (χ4v) is 4.56. The maximum absolute atomic E-state index is 12.3. The van der Waals surface area contributed by atoms with Crippen molar-refractivity contribution in [3.8, 4) is 0 Å². The van der Waals surface area contributed by atoms with Gasteiger partial charge in [-0.05, 0) is 25.1 Å². The lowest BCUT2D eigenvalue weighted by Crippen LogP contribution is -2.44. The summed E-state index contributed by atoms with van der Waals surface area (Å²) < 4.78 is 0. The predicted octanol–water partition coefficient (Wildman–Crippen LogP) is 2.86. The van der Waals surface area contributed by atoms with Gasteiger partial charge in [-0.3, -0.25) is 4.79 Å². The van der Waals surface area contributed by atoms with Crippen LogP contribution in [0.15, 0.2) is 5.38 Å². The Hall–Kier alpha value is -0.300. The van der Waals surface area contributed by atoms with Gasteiger partial charge in [0.2, 0.25) is 0 Å². The molecule has 0 aromatic carbocycles. The van der Waals surface area contributed by atoms with Crippen molar-refractivity contribution in [1.82, 2.24) is 10.3 Å². The molecule has 0 spiro atoms. The standard InChI is InChI=1S/C14H23N3OS2.ClH/c1-2-19-12-6-4-3-5-10(12)17-14(18)11-9-20-13(16-11)7-8-15;/h9-10,12H,2-8,15H2,1H3,(H,17,18);1H. The van der Waals surface area contributed by atoms with Crippen molar-refractivity contribution in [3.05, 3.63) is 16.1 Å². The molecule has 1 saturated carbocycles. The Morgan fingerprint density at radius 3 is 3.00 bits per heavy atom. The molecule has 2 rings (SSSR count). The Bertz CT molecular complexity index is 440. The summed E-state index contributed by atoms with van der Waals surface area (Å²) in [6.07, 6.45) is 5.53. The van der Waals surface area contributed by atoms with Crippen LogP contribution in [0, 0.1) is 0 Å². The number of hydrogen-bond donors (Lipinski definition) is 2. The molecule has 1 amide bonds. The molecule has 1 heterocycles. The normalized spacial score (nSPS) is 21.6. The number of aromatic nitrogens is 1. The van der Waals surface area contributed by atoms with Crippen molar-refractivity contribution >= 4 is 41.4 Å². The van der Waals surface area contributed by atoms with E-state index in [0.717, 1.165) is 23.6 Å².